The third-order valence-electron chi connectivity index (χ3n) is 2.17. The van der Waals surface area contributed by atoms with E-state index in [9.17, 15) is 14.3 Å². The number of hydrogen-bond acceptors (Lipinski definition) is 3. The Morgan fingerprint density at radius 2 is 2.31 bits per heavy atom. The van der Waals surface area contributed by atoms with Crippen LogP contribution in [-0.4, -0.2) is 18.2 Å². The number of aliphatic hydroxyl groups excluding tert-OH is 1. The van der Waals surface area contributed by atoms with Crippen molar-refractivity contribution in [1.82, 2.24) is 0 Å². The number of esters is 1. The van der Waals surface area contributed by atoms with E-state index in [1.807, 2.05) is 0 Å². The zero-order valence-electron chi connectivity index (χ0n) is 8.74. The minimum Gasteiger partial charge on any atom is -0.469 e. The standard InChI is InChI=1S/C11H12BrFO3/c1-16-11(15)5-4-10(14)8-6-7(12)2-3-9(8)13/h2-3,6,10,14H,4-5H2,1H3. The number of aliphatic hydroxyl groups is 1. The van der Waals surface area contributed by atoms with Crippen LogP contribution in [0.3, 0.4) is 0 Å². The lowest BCUT2D eigenvalue weighted by Crippen LogP contribution is -2.06. The molecule has 1 atom stereocenters. The first-order chi connectivity index (χ1) is 7.54. The number of ether oxygens (including phenoxy) is 1. The Morgan fingerprint density at radius 1 is 1.62 bits per heavy atom. The van der Waals surface area contributed by atoms with Crippen LogP contribution in [0.25, 0.3) is 0 Å². The fourth-order valence-corrected chi connectivity index (χ4v) is 1.66. The summed E-state index contributed by atoms with van der Waals surface area (Å²) in [5.74, 6) is -0.907. The van der Waals surface area contributed by atoms with Crippen molar-refractivity contribution in [2.24, 2.45) is 0 Å². The molecular weight excluding hydrogens is 279 g/mol. The number of methoxy groups -OCH3 is 1. The molecule has 5 heteroatoms. The first-order valence-electron chi connectivity index (χ1n) is 4.74. The topological polar surface area (TPSA) is 46.5 Å². The van der Waals surface area contributed by atoms with Gasteiger partial charge in [0.25, 0.3) is 0 Å². The number of halogens is 2. The van der Waals surface area contributed by atoms with E-state index in [4.69, 9.17) is 0 Å². The van der Waals surface area contributed by atoms with E-state index in [-0.39, 0.29) is 18.4 Å². The molecule has 1 aromatic rings. The number of carbonyl (C=O) groups is 1. The summed E-state index contributed by atoms with van der Waals surface area (Å²) in [6, 6.07) is 4.31. The summed E-state index contributed by atoms with van der Waals surface area (Å²) in [6.45, 7) is 0. The molecule has 0 amide bonds. The van der Waals surface area contributed by atoms with E-state index < -0.39 is 17.9 Å². The molecule has 0 radical (unpaired) electrons. The lowest BCUT2D eigenvalue weighted by atomic mass is 10.0. The van der Waals surface area contributed by atoms with E-state index in [2.05, 4.69) is 20.7 Å². The Bertz CT molecular complexity index is 381. The molecule has 1 N–H and O–H groups in total. The van der Waals surface area contributed by atoms with Crippen LogP contribution < -0.4 is 0 Å². The SMILES string of the molecule is COC(=O)CCC(O)c1cc(Br)ccc1F. The van der Waals surface area contributed by atoms with Crippen molar-refractivity contribution in [2.75, 3.05) is 7.11 Å². The fourth-order valence-electron chi connectivity index (χ4n) is 1.28. The van der Waals surface area contributed by atoms with Crippen molar-refractivity contribution in [2.45, 2.75) is 18.9 Å². The van der Waals surface area contributed by atoms with E-state index in [0.717, 1.165) is 0 Å². The Hall–Kier alpha value is -0.940. The molecule has 0 fully saturated rings. The summed E-state index contributed by atoms with van der Waals surface area (Å²) in [7, 11) is 1.27. The molecule has 88 valence electrons. The minimum absolute atomic E-state index is 0.0591. The van der Waals surface area contributed by atoms with Gasteiger partial charge in [0.05, 0.1) is 13.2 Å². The molecule has 0 saturated heterocycles. The maximum atomic E-state index is 13.3. The average Bonchev–Trinajstić information content (AvgIpc) is 2.28. The molecule has 0 aromatic heterocycles. The van der Waals surface area contributed by atoms with E-state index >= 15 is 0 Å². The summed E-state index contributed by atoms with van der Waals surface area (Å²) in [4.78, 5) is 10.9. The normalized spacial score (nSPS) is 12.2. The Balaban J connectivity index is 2.68. The van der Waals surface area contributed by atoms with Crippen LogP contribution in [0.1, 0.15) is 24.5 Å². The van der Waals surface area contributed by atoms with Crippen LogP contribution in [0.2, 0.25) is 0 Å². The van der Waals surface area contributed by atoms with Crippen molar-refractivity contribution in [3.05, 3.63) is 34.1 Å². The monoisotopic (exact) mass is 290 g/mol. The van der Waals surface area contributed by atoms with Crippen molar-refractivity contribution in [3.63, 3.8) is 0 Å². The third kappa shape index (κ3) is 3.57. The molecule has 3 nitrogen and oxygen atoms in total. The molecule has 0 spiro atoms. The van der Waals surface area contributed by atoms with Crippen molar-refractivity contribution >= 4 is 21.9 Å². The maximum absolute atomic E-state index is 13.3. The third-order valence-corrected chi connectivity index (χ3v) is 2.66. The second kappa shape index (κ2) is 5.96. The molecule has 0 aliphatic heterocycles. The highest BCUT2D eigenvalue weighted by atomic mass is 79.9. The fraction of sp³-hybridized carbons (Fsp3) is 0.364. The van der Waals surface area contributed by atoms with Crippen LogP contribution in [0.5, 0.6) is 0 Å². The maximum Gasteiger partial charge on any atom is 0.305 e. The van der Waals surface area contributed by atoms with E-state index in [0.29, 0.717) is 4.47 Å². The van der Waals surface area contributed by atoms with Gasteiger partial charge in [-0.15, -0.1) is 0 Å². The van der Waals surface area contributed by atoms with E-state index in [1.165, 1.54) is 19.2 Å². The number of benzene rings is 1. The summed E-state index contributed by atoms with van der Waals surface area (Å²) in [6.07, 6.45) is -0.805. The summed E-state index contributed by atoms with van der Waals surface area (Å²) in [5.41, 5.74) is 0.179. The Morgan fingerprint density at radius 3 is 2.94 bits per heavy atom. The van der Waals surface area contributed by atoms with Gasteiger partial charge in [-0.2, -0.15) is 0 Å². The van der Waals surface area contributed by atoms with Crippen LogP contribution >= 0.6 is 15.9 Å². The quantitative estimate of drug-likeness (QED) is 0.867. The summed E-state index contributed by atoms with van der Waals surface area (Å²) < 4.78 is 18.4. The van der Waals surface area contributed by atoms with Gasteiger partial charge in [0.1, 0.15) is 5.82 Å². The molecule has 0 aliphatic carbocycles. The molecule has 1 rings (SSSR count). The summed E-state index contributed by atoms with van der Waals surface area (Å²) >= 11 is 3.19. The average molecular weight is 291 g/mol. The Kier molecular flexibility index (Phi) is 4.89. The molecule has 0 saturated carbocycles. The second-order valence-electron chi connectivity index (χ2n) is 3.30. The van der Waals surface area contributed by atoms with Crippen LogP contribution in [0.4, 0.5) is 4.39 Å². The van der Waals surface area contributed by atoms with Crippen molar-refractivity contribution in [1.29, 1.82) is 0 Å². The van der Waals surface area contributed by atoms with Gasteiger partial charge in [0.15, 0.2) is 0 Å². The van der Waals surface area contributed by atoms with Gasteiger partial charge in [-0.1, -0.05) is 15.9 Å². The van der Waals surface area contributed by atoms with Crippen molar-refractivity contribution in [3.8, 4) is 0 Å². The number of hydrogen-bond donors (Lipinski definition) is 1. The largest absolute Gasteiger partial charge is 0.469 e. The predicted octanol–water partition coefficient (Wildman–Crippen LogP) is 2.57. The van der Waals surface area contributed by atoms with Crippen LogP contribution in [0.15, 0.2) is 22.7 Å². The van der Waals surface area contributed by atoms with Gasteiger partial charge < -0.3 is 9.84 Å². The molecule has 0 bridgehead atoms. The van der Waals surface area contributed by atoms with Crippen LogP contribution in [-0.2, 0) is 9.53 Å². The van der Waals surface area contributed by atoms with Gasteiger partial charge in [0.2, 0.25) is 0 Å². The predicted molar refractivity (Wildman–Crippen MR) is 60.3 cm³/mol. The number of carbonyl (C=O) groups excluding carboxylic acids is 1. The Labute approximate surface area is 101 Å². The lowest BCUT2D eigenvalue weighted by molar-refractivity contribution is -0.141. The zero-order valence-corrected chi connectivity index (χ0v) is 10.3. The molecule has 0 aliphatic rings. The van der Waals surface area contributed by atoms with E-state index in [1.54, 1.807) is 6.07 Å². The smallest absolute Gasteiger partial charge is 0.305 e. The molecule has 0 heterocycles. The van der Waals surface area contributed by atoms with Gasteiger partial charge >= 0.3 is 5.97 Å². The molecular formula is C11H12BrFO3. The van der Waals surface area contributed by atoms with Crippen molar-refractivity contribution < 1.29 is 19.0 Å². The van der Waals surface area contributed by atoms with Gasteiger partial charge in [-0.3, -0.25) is 4.79 Å². The number of rotatable bonds is 4. The molecule has 16 heavy (non-hydrogen) atoms. The van der Waals surface area contributed by atoms with Gasteiger partial charge in [0, 0.05) is 16.5 Å². The highest BCUT2D eigenvalue weighted by molar-refractivity contribution is 9.10. The first-order valence-corrected chi connectivity index (χ1v) is 5.53. The summed E-state index contributed by atoms with van der Waals surface area (Å²) in [5, 5.41) is 9.70. The van der Waals surface area contributed by atoms with Crippen LogP contribution in [0, 0.1) is 5.82 Å². The highest BCUT2D eigenvalue weighted by Crippen LogP contribution is 2.24. The second-order valence-corrected chi connectivity index (χ2v) is 4.21. The first kappa shape index (κ1) is 13.1. The zero-order chi connectivity index (χ0) is 12.1. The molecule has 1 unspecified atom stereocenters. The lowest BCUT2D eigenvalue weighted by Gasteiger charge is -2.11. The minimum atomic E-state index is -1.00. The highest BCUT2D eigenvalue weighted by Gasteiger charge is 2.14. The van der Waals surface area contributed by atoms with Gasteiger partial charge in [-0.05, 0) is 24.6 Å². The van der Waals surface area contributed by atoms with Gasteiger partial charge in [-0.25, -0.2) is 4.39 Å². The molecule has 1 aromatic carbocycles.